The second-order valence-corrected chi connectivity index (χ2v) is 3.28. The van der Waals surface area contributed by atoms with E-state index in [9.17, 15) is 9.18 Å². The SMILES string of the molecule is CCOC(=O)N1CCC(C)(F)C1. The van der Waals surface area contributed by atoms with Crippen molar-refractivity contribution >= 4 is 6.09 Å². The zero-order chi connectivity index (χ0) is 9.19. The van der Waals surface area contributed by atoms with Crippen LogP contribution in [0.5, 0.6) is 0 Å². The van der Waals surface area contributed by atoms with Crippen LogP contribution in [0.2, 0.25) is 0 Å². The molecule has 1 heterocycles. The van der Waals surface area contributed by atoms with Crippen LogP contribution < -0.4 is 0 Å². The van der Waals surface area contributed by atoms with Gasteiger partial charge in [0.2, 0.25) is 0 Å². The van der Waals surface area contributed by atoms with E-state index in [0.29, 0.717) is 19.6 Å². The van der Waals surface area contributed by atoms with E-state index in [4.69, 9.17) is 4.74 Å². The zero-order valence-electron chi connectivity index (χ0n) is 7.47. The number of halogens is 1. The molecule has 1 fully saturated rings. The third kappa shape index (κ3) is 2.09. The Morgan fingerprint density at radius 3 is 2.83 bits per heavy atom. The minimum atomic E-state index is -1.23. The normalized spacial score (nSPS) is 29.1. The average Bonchev–Trinajstić information content (AvgIpc) is 2.31. The molecule has 1 unspecified atom stereocenters. The largest absolute Gasteiger partial charge is 0.450 e. The number of hydrogen-bond acceptors (Lipinski definition) is 2. The van der Waals surface area contributed by atoms with Gasteiger partial charge in [-0.1, -0.05) is 0 Å². The Kier molecular flexibility index (Phi) is 2.55. The first-order valence-corrected chi connectivity index (χ1v) is 4.16. The molecule has 0 bridgehead atoms. The van der Waals surface area contributed by atoms with Crippen LogP contribution in [0.1, 0.15) is 20.3 Å². The summed E-state index contributed by atoms with van der Waals surface area (Å²) in [4.78, 5) is 12.5. The number of nitrogens with zero attached hydrogens (tertiary/aromatic N) is 1. The van der Waals surface area contributed by atoms with Gasteiger partial charge in [-0.05, 0) is 13.8 Å². The van der Waals surface area contributed by atoms with Gasteiger partial charge in [0.1, 0.15) is 5.67 Å². The van der Waals surface area contributed by atoms with Crippen LogP contribution in [0, 0.1) is 0 Å². The first-order chi connectivity index (χ1) is 5.55. The molecule has 70 valence electrons. The van der Waals surface area contributed by atoms with E-state index in [1.807, 2.05) is 0 Å². The van der Waals surface area contributed by atoms with Crippen molar-refractivity contribution in [2.24, 2.45) is 0 Å². The molecule has 3 nitrogen and oxygen atoms in total. The molecule has 4 heteroatoms. The molecule has 1 atom stereocenters. The van der Waals surface area contributed by atoms with E-state index in [-0.39, 0.29) is 6.54 Å². The van der Waals surface area contributed by atoms with Crippen LogP contribution in [-0.2, 0) is 4.74 Å². The van der Waals surface area contributed by atoms with Crippen molar-refractivity contribution in [3.05, 3.63) is 0 Å². The lowest BCUT2D eigenvalue weighted by atomic mass is 10.1. The molecule has 0 aromatic carbocycles. The molecule has 1 amide bonds. The fourth-order valence-electron chi connectivity index (χ4n) is 1.29. The first-order valence-electron chi connectivity index (χ1n) is 4.16. The summed E-state index contributed by atoms with van der Waals surface area (Å²) in [7, 11) is 0. The summed E-state index contributed by atoms with van der Waals surface area (Å²) < 4.78 is 18.0. The van der Waals surface area contributed by atoms with Crippen LogP contribution in [0.4, 0.5) is 9.18 Å². The van der Waals surface area contributed by atoms with Gasteiger partial charge in [-0.25, -0.2) is 9.18 Å². The van der Waals surface area contributed by atoms with Crippen molar-refractivity contribution in [3.8, 4) is 0 Å². The van der Waals surface area contributed by atoms with Crippen molar-refractivity contribution in [2.75, 3.05) is 19.7 Å². The lowest BCUT2D eigenvalue weighted by Crippen LogP contribution is -2.32. The Morgan fingerprint density at radius 1 is 1.75 bits per heavy atom. The van der Waals surface area contributed by atoms with Crippen molar-refractivity contribution in [1.82, 2.24) is 4.90 Å². The molecule has 0 N–H and O–H groups in total. The molecule has 0 aromatic heterocycles. The van der Waals surface area contributed by atoms with Crippen molar-refractivity contribution in [2.45, 2.75) is 25.9 Å². The molecule has 1 rings (SSSR count). The molecule has 0 saturated carbocycles. The molecule has 1 saturated heterocycles. The summed E-state index contributed by atoms with van der Waals surface area (Å²) in [6.07, 6.45) is 0.00473. The molecule has 0 aromatic rings. The molecular weight excluding hydrogens is 161 g/mol. The number of carbonyl (C=O) groups excluding carboxylic acids is 1. The Bertz CT molecular complexity index is 182. The summed E-state index contributed by atoms with van der Waals surface area (Å²) in [6, 6.07) is 0. The standard InChI is InChI=1S/C8H14FNO2/c1-3-12-7(11)10-5-4-8(2,9)6-10/h3-6H2,1-2H3. The van der Waals surface area contributed by atoms with Crippen LogP contribution >= 0.6 is 0 Å². The Hall–Kier alpha value is -0.800. The molecule has 0 aliphatic carbocycles. The minimum absolute atomic E-state index is 0.159. The number of likely N-dealkylation sites (tertiary alicyclic amines) is 1. The fraction of sp³-hybridized carbons (Fsp3) is 0.875. The fourth-order valence-corrected chi connectivity index (χ4v) is 1.29. The van der Waals surface area contributed by atoms with E-state index in [1.165, 1.54) is 11.8 Å². The second kappa shape index (κ2) is 3.29. The summed E-state index contributed by atoms with van der Waals surface area (Å²) in [5.41, 5.74) is -1.23. The molecule has 0 radical (unpaired) electrons. The van der Waals surface area contributed by atoms with Crippen LogP contribution in [0.15, 0.2) is 0 Å². The monoisotopic (exact) mass is 175 g/mol. The molecule has 1 aliphatic heterocycles. The minimum Gasteiger partial charge on any atom is -0.450 e. The summed E-state index contributed by atoms with van der Waals surface area (Å²) in [5, 5.41) is 0. The lowest BCUT2D eigenvalue weighted by Gasteiger charge is -2.16. The van der Waals surface area contributed by atoms with Gasteiger partial charge in [-0.2, -0.15) is 0 Å². The van der Waals surface area contributed by atoms with Gasteiger partial charge in [0.05, 0.1) is 13.2 Å². The third-order valence-corrected chi connectivity index (χ3v) is 1.95. The highest BCUT2D eigenvalue weighted by atomic mass is 19.1. The number of ether oxygens (including phenoxy) is 1. The number of carbonyl (C=O) groups is 1. The van der Waals surface area contributed by atoms with E-state index >= 15 is 0 Å². The predicted octanol–water partition coefficient (Wildman–Crippen LogP) is 1.58. The van der Waals surface area contributed by atoms with Gasteiger partial charge in [-0.15, -0.1) is 0 Å². The van der Waals surface area contributed by atoms with Gasteiger partial charge >= 0.3 is 6.09 Å². The van der Waals surface area contributed by atoms with Crippen molar-refractivity contribution in [1.29, 1.82) is 0 Å². The van der Waals surface area contributed by atoms with Crippen molar-refractivity contribution < 1.29 is 13.9 Å². The quantitative estimate of drug-likeness (QED) is 0.605. The smallest absolute Gasteiger partial charge is 0.409 e. The molecule has 12 heavy (non-hydrogen) atoms. The molecule has 0 spiro atoms. The van der Waals surface area contributed by atoms with Gasteiger partial charge in [0.15, 0.2) is 0 Å². The highest BCUT2D eigenvalue weighted by Gasteiger charge is 2.36. The predicted molar refractivity (Wildman–Crippen MR) is 42.7 cm³/mol. The van der Waals surface area contributed by atoms with Crippen LogP contribution in [0.3, 0.4) is 0 Å². The number of rotatable bonds is 1. The lowest BCUT2D eigenvalue weighted by molar-refractivity contribution is 0.107. The number of hydrogen-bond donors (Lipinski definition) is 0. The van der Waals surface area contributed by atoms with E-state index < -0.39 is 11.8 Å². The van der Waals surface area contributed by atoms with Gasteiger partial charge in [0, 0.05) is 13.0 Å². The second-order valence-electron chi connectivity index (χ2n) is 3.28. The summed E-state index contributed by atoms with van der Waals surface area (Å²) >= 11 is 0. The Balaban J connectivity index is 2.41. The third-order valence-electron chi connectivity index (χ3n) is 1.95. The summed E-state index contributed by atoms with van der Waals surface area (Å²) in [5.74, 6) is 0. The average molecular weight is 175 g/mol. The highest BCUT2D eigenvalue weighted by molar-refractivity contribution is 5.68. The Morgan fingerprint density at radius 2 is 2.42 bits per heavy atom. The topological polar surface area (TPSA) is 29.5 Å². The maximum Gasteiger partial charge on any atom is 0.409 e. The van der Waals surface area contributed by atoms with E-state index in [2.05, 4.69) is 0 Å². The van der Waals surface area contributed by atoms with E-state index in [0.717, 1.165) is 0 Å². The van der Waals surface area contributed by atoms with Crippen LogP contribution in [-0.4, -0.2) is 36.4 Å². The van der Waals surface area contributed by atoms with Gasteiger partial charge < -0.3 is 9.64 Å². The molecular formula is C8H14FNO2. The van der Waals surface area contributed by atoms with Gasteiger partial charge in [-0.3, -0.25) is 0 Å². The molecule has 1 aliphatic rings. The summed E-state index contributed by atoms with van der Waals surface area (Å²) in [6.45, 7) is 4.21. The van der Waals surface area contributed by atoms with Crippen molar-refractivity contribution in [3.63, 3.8) is 0 Å². The first kappa shape index (κ1) is 9.29. The zero-order valence-corrected chi connectivity index (χ0v) is 7.47. The Labute approximate surface area is 71.5 Å². The number of amides is 1. The number of alkyl halides is 1. The maximum atomic E-state index is 13.2. The van der Waals surface area contributed by atoms with Gasteiger partial charge in [0.25, 0.3) is 0 Å². The van der Waals surface area contributed by atoms with Crippen LogP contribution in [0.25, 0.3) is 0 Å². The maximum absolute atomic E-state index is 13.2. The highest BCUT2D eigenvalue weighted by Crippen LogP contribution is 2.24. The van der Waals surface area contributed by atoms with E-state index in [1.54, 1.807) is 6.92 Å².